The molecule has 2 aromatic rings. The number of benzene rings is 2. The summed E-state index contributed by atoms with van der Waals surface area (Å²) in [5.41, 5.74) is 8.27. The van der Waals surface area contributed by atoms with Crippen LogP contribution in [0.3, 0.4) is 0 Å². The zero-order chi connectivity index (χ0) is 15.4. The fraction of sp³-hybridized carbons (Fsp3) is 0.188. The van der Waals surface area contributed by atoms with Crippen LogP contribution >= 0.6 is 23.2 Å². The highest BCUT2D eigenvalue weighted by Crippen LogP contribution is 2.29. The molecule has 0 fully saturated rings. The van der Waals surface area contributed by atoms with Crippen LogP contribution in [0.5, 0.6) is 0 Å². The third-order valence-electron chi connectivity index (χ3n) is 3.09. The van der Waals surface area contributed by atoms with Crippen LogP contribution in [0.15, 0.2) is 36.4 Å². The first-order chi connectivity index (χ1) is 10.0. The van der Waals surface area contributed by atoms with Crippen molar-refractivity contribution in [2.75, 3.05) is 11.1 Å². The van der Waals surface area contributed by atoms with Crippen molar-refractivity contribution in [2.45, 2.75) is 19.8 Å². The van der Waals surface area contributed by atoms with Gasteiger partial charge in [0.2, 0.25) is 0 Å². The molecule has 2 rings (SSSR count). The maximum atomic E-state index is 12.2. The van der Waals surface area contributed by atoms with E-state index in [4.69, 9.17) is 28.9 Å². The van der Waals surface area contributed by atoms with Crippen LogP contribution in [0.1, 0.15) is 29.3 Å². The van der Waals surface area contributed by atoms with E-state index in [2.05, 4.69) is 12.2 Å². The Morgan fingerprint density at radius 2 is 1.71 bits per heavy atom. The predicted octanol–water partition coefficient (Wildman–Crippen LogP) is 4.78. The number of carbonyl (C=O) groups excluding carboxylic acids is 1. The minimum atomic E-state index is -0.276. The molecule has 0 atom stereocenters. The Bertz CT molecular complexity index is 631. The fourth-order valence-corrected chi connectivity index (χ4v) is 2.45. The molecule has 0 spiro atoms. The minimum absolute atomic E-state index is 0.269. The molecular formula is C16H16Cl2N2O. The van der Waals surface area contributed by atoms with Crippen LogP contribution in [0.4, 0.5) is 11.4 Å². The molecule has 0 heterocycles. The number of halogens is 2. The first kappa shape index (κ1) is 15.7. The Kier molecular flexibility index (Phi) is 5.10. The molecule has 0 saturated heterocycles. The smallest absolute Gasteiger partial charge is 0.255 e. The van der Waals surface area contributed by atoms with Crippen LogP contribution < -0.4 is 11.1 Å². The number of nitrogens with one attached hydrogen (secondary N) is 1. The van der Waals surface area contributed by atoms with Gasteiger partial charge in [0.05, 0.1) is 15.7 Å². The van der Waals surface area contributed by atoms with Crippen molar-refractivity contribution in [1.29, 1.82) is 0 Å². The Morgan fingerprint density at radius 1 is 1.14 bits per heavy atom. The fourth-order valence-electron chi connectivity index (χ4n) is 1.96. The van der Waals surface area contributed by atoms with Crippen LogP contribution in [0.2, 0.25) is 10.0 Å². The lowest BCUT2D eigenvalue weighted by molar-refractivity contribution is 0.102. The van der Waals surface area contributed by atoms with Gasteiger partial charge in [-0.15, -0.1) is 0 Å². The molecule has 0 radical (unpaired) electrons. The first-order valence-electron chi connectivity index (χ1n) is 6.66. The van der Waals surface area contributed by atoms with E-state index in [9.17, 15) is 4.79 Å². The highest BCUT2D eigenvalue weighted by atomic mass is 35.5. The monoisotopic (exact) mass is 322 g/mol. The van der Waals surface area contributed by atoms with Crippen LogP contribution in [0, 0.1) is 0 Å². The van der Waals surface area contributed by atoms with E-state index in [1.807, 2.05) is 24.3 Å². The lowest BCUT2D eigenvalue weighted by atomic mass is 10.1. The van der Waals surface area contributed by atoms with Gasteiger partial charge in [-0.05, 0) is 36.2 Å². The van der Waals surface area contributed by atoms with Crippen LogP contribution in [-0.2, 0) is 6.42 Å². The van der Waals surface area contributed by atoms with E-state index < -0.39 is 0 Å². The van der Waals surface area contributed by atoms with E-state index in [1.165, 1.54) is 17.7 Å². The van der Waals surface area contributed by atoms with Gasteiger partial charge >= 0.3 is 0 Å². The zero-order valence-electron chi connectivity index (χ0n) is 11.6. The maximum Gasteiger partial charge on any atom is 0.255 e. The van der Waals surface area contributed by atoms with Gasteiger partial charge in [0.25, 0.3) is 5.91 Å². The topological polar surface area (TPSA) is 55.1 Å². The number of aryl methyl sites for hydroxylation is 1. The number of nitrogen functional groups attached to an aromatic ring is 1. The molecule has 0 saturated carbocycles. The third kappa shape index (κ3) is 3.90. The molecule has 0 aromatic heterocycles. The molecule has 2 aromatic carbocycles. The molecule has 1 amide bonds. The van der Waals surface area contributed by atoms with E-state index in [-0.39, 0.29) is 21.6 Å². The molecule has 0 aliphatic heterocycles. The highest BCUT2D eigenvalue weighted by Gasteiger charge is 2.11. The van der Waals surface area contributed by atoms with Crippen molar-refractivity contribution in [2.24, 2.45) is 0 Å². The minimum Gasteiger partial charge on any atom is -0.396 e. The summed E-state index contributed by atoms with van der Waals surface area (Å²) < 4.78 is 0. The summed E-state index contributed by atoms with van der Waals surface area (Å²) in [6.45, 7) is 2.13. The van der Waals surface area contributed by atoms with Gasteiger partial charge in [0.15, 0.2) is 0 Å². The molecule has 0 aliphatic carbocycles. The number of anilines is 2. The molecule has 3 nitrogen and oxygen atoms in total. The van der Waals surface area contributed by atoms with Gasteiger partial charge in [-0.1, -0.05) is 48.7 Å². The lowest BCUT2D eigenvalue weighted by Crippen LogP contribution is -2.12. The number of carbonyl (C=O) groups is 1. The van der Waals surface area contributed by atoms with Crippen LogP contribution in [-0.4, -0.2) is 5.91 Å². The number of hydrogen-bond acceptors (Lipinski definition) is 2. The second-order valence-corrected chi connectivity index (χ2v) is 5.57. The Balaban J connectivity index is 2.14. The normalized spacial score (nSPS) is 10.4. The van der Waals surface area contributed by atoms with Crippen molar-refractivity contribution in [3.05, 3.63) is 57.6 Å². The first-order valence-corrected chi connectivity index (χ1v) is 7.41. The van der Waals surface area contributed by atoms with E-state index in [0.717, 1.165) is 18.5 Å². The standard InChI is InChI=1S/C16H16Cl2N2O/c1-2-3-10-4-6-12(7-5-10)20-16(21)11-8-13(17)15(19)14(18)9-11/h4-9H,2-3,19H2,1H3,(H,20,21). The molecule has 0 aliphatic rings. The largest absolute Gasteiger partial charge is 0.396 e. The van der Waals surface area contributed by atoms with E-state index >= 15 is 0 Å². The summed E-state index contributed by atoms with van der Waals surface area (Å²) in [5, 5.41) is 3.34. The van der Waals surface area contributed by atoms with Gasteiger partial charge in [-0.25, -0.2) is 0 Å². The average Bonchev–Trinajstić information content (AvgIpc) is 2.46. The van der Waals surface area contributed by atoms with Crippen molar-refractivity contribution in [3.8, 4) is 0 Å². The Labute approximate surface area is 134 Å². The molecular weight excluding hydrogens is 307 g/mol. The summed E-state index contributed by atoms with van der Waals surface area (Å²) in [4.78, 5) is 12.2. The molecule has 3 N–H and O–H groups in total. The van der Waals surface area contributed by atoms with Gasteiger partial charge in [0.1, 0.15) is 0 Å². The molecule has 0 unspecified atom stereocenters. The Hall–Kier alpha value is -1.71. The number of hydrogen-bond donors (Lipinski definition) is 2. The van der Waals surface area contributed by atoms with E-state index in [0.29, 0.717) is 5.56 Å². The predicted molar refractivity (Wildman–Crippen MR) is 89.3 cm³/mol. The molecule has 21 heavy (non-hydrogen) atoms. The second kappa shape index (κ2) is 6.83. The van der Waals surface area contributed by atoms with Gasteiger partial charge in [-0.2, -0.15) is 0 Å². The molecule has 5 heteroatoms. The summed E-state index contributed by atoms with van der Waals surface area (Å²) in [6.07, 6.45) is 2.12. The summed E-state index contributed by atoms with van der Waals surface area (Å²) in [6, 6.07) is 10.8. The number of nitrogens with two attached hydrogens (primary N) is 1. The zero-order valence-corrected chi connectivity index (χ0v) is 13.1. The number of rotatable bonds is 4. The summed E-state index contributed by atoms with van der Waals surface area (Å²) in [7, 11) is 0. The lowest BCUT2D eigenvalue weighted by Gasteiger charge is -2.08. The van der Waals surface area contributed by atoms with Gasteiger partial charge < -0.3 is 11.1 Å². The second-order valence-electron chi connectivity index (χ2n) is 4.75. The van der Waals surface area contributed by atoms with Crippen molar-refractivity contribution in [3.63, 3.8) is 0 Å². The quantitative estimate of drug-likeness (QED) is 0.796. The van der Waals surface area contributed by atoms with Crippen molar-refractivity contribution >= 4 is 40.5 Å². The highest BCUT2D eigenvalue weighted by molar-refractivity contribution is 6.39. The SMILES string of the molecule is CCCc1ccc(NC(=O)c2cc(Cl)c(N)c(Cl)c2)cc1. The summed E-state index contributed by atoms with van der Waals surface area (Å²) in [5.74, 6) is -0.276. The van der Waals surface area contributed by atoms with Crippen LogP contribution in [0.25, 0.3) is 0 Å². The van der Waals surface area contributed by atoms with Gasteiger partial charge in [0, 0.05) is 11.3 Å². The molecule has 110 valence electrons. The third-order valence-corrected chi connectivity index (χ3v) is 3.72. The van der Waals surface area contributed by atoms with Crippen molar-refractivity contribution < 1.29 is 4.79 Å². The summed E-state index contributed by atoms with van der Waals surface area (Å²) >= 11 is 11.9. The number of amides is 1. The van der Waals surface area contributed by atoms with Gasteiger partial charge in [-0.3, -0.25) is 4.79 Å². The maximum absolute atomic E-state index is 12.2. The van der Waals surface area contributed by atoms with Crippen molar-refractivity contribution in [1.82, 2.24) is 0 Å². The Morgan fingerprint density at radius 3 is 2.24 bits per heavy atom. The average molecular weight is 323 g/mol. The molecule has 0 bridgehead atoms. The van der Waals surface area contributed by atoms with E-state index in [1.54, 1.807) is 0 Å².